The molecular formula is C6H7FN2O2. The minimum atomic E-state index is -0.542. The molecule has 0 amide bonds. The molecule has 0 bridgehead atoms. The van der Waals surface area contributed by atoms with Gasteiger partial charge in [0.25, 0.3) is 6.47 Å². The number of hydrogen-bond donors (Lipinski definition) is 1. The largest absolute Gasteiger partial charge is 0.467 e. The first-order valence-electron chi connectivity index (χ1n) is 3.07. The Labute approximate surface area is 62.4 Å². The number of rotatable bonds is 4. The summed E-state index contributed by atoms with van der Waals surface area (Å²) in [6.45, 7) is 0.497. The second kappa shape index (κ2) is 3.70. The van der Waals surface area contributed by atoms with Gasteiger partial charge in [-0.05, 0) is 0 Å². The number of aromatic amines is 1. The van der Waals surface area contributed by atoms with Gasteiger partial charge >= 0.3 is 0 Å². The van der Waals surface area contributed by atoms with Gasteiger partial charge in [0.1, 0.15) is 0 Å². The van der Waals surface area contributed by atoms with Crippen LogP contribution in [-0.2, 0) is 16.0 Å². The van der Waals surface area contributed by atoms with E-state index in [0.717, 1.165) is 0 Å². The number of imidazole rings is 1. The van der Waals surface area contributed by atoms with Gasteiger partial charge in [-0.1, -0.05) is 0 Å². The number of nitrogens with zero attached hydrogens (tertiary/aromatic N) is 1. The molecule has 0 aliphatic rings. The smallest absolute Gasteiger partial charge is 0.293 e. The van der Waals surface area contributed by atoms with Gasteiger partial charge in [-0.2, -0.15) is 4.39 Å². The second-order valence-electron chi connectivity index (χ2n) is 1.89. The molecule has 0 unspecified atom stereocenters. The Bertz CT molecular complexity index is 236. The molecule has 1 N–H and O–H groups in total. The lowest BCUT2D eigenvalue weighted by Crippen LogP contribution is -1.98. The predicted molar refractivity (Wildman–Crippen MR) is 34.3 cm³/mol. The van der Waals surface area contributed by atoms with Crippen LogP contribution in [0.2, 0.25) is 0 Å². The van der Waals surface area contributed by atoms with E-state index < -0.39 is 5.95 Å². The standard InChI is InChI=1S/C6H7FN2O2/c7-6-5(8-3-9-6)1-2-11-4-10/h3-4H,1-2H2,(H,8,9). The summed E-state index contributed by atoms with van der Waals surface area (Å²) in [5.74, 6) is -0.542. The number of carbonyl (C=O) groups excluding carboxylic acids is 1. The molecule has 0 aliphatic carbocycles. The van der Waals surface area contributed by atoms with E-state index in [1.807, 2.05) is 0 Å². The van der Waals surface area contributed by atoms with E-state index in [1.165, 1.54) is 6.33 Å². The molecule has 0 fully saturated rings. The molecule has 4 nitrogen and oxygen atoms in total. The lowest BCUT2D eigenvalue weighted by molar-refractivity contribution is -0.128. The number of hydrogen-bond acceptors (Lipinski definition) is 3. The normalized spacial score (nSPS) is 9.55. The molecule has 1 aromatic heterocycles. The molecule has 0 aliphatic heterocycles. The summed E-state index contributed by atoms with van der Waals surface area (Å²) in [5.41, 5.74) is 0.354. The van der Waals surface area contributed by atoms with E-state index in [9.17, 15) is 9.18 Å². The number of aromatic nitrogens is 2. The third kappa shape index (κ3) is 2.03. The van der Waals surface area contributed by atoms with Crippen molar-refractivity contribution in [3.63, 3.8) is 0 Å². The second-order valence-corrected chi connectivity index (χ2v) is 1.89. The summed E-state index contributed by atoms with van der Waals surface area (Å²) in [6, 6.07) is 0. The predicted octanol–water partition coefficient (Wildman–Crippen LogP) is 0.264. The number of nitrogens with one attached hydrogen (secondary N) is 1. The average molecular weight is 158 g/mol. The summed E-state index contributed by atoms with van der Waals surface area (Å²) >= 11 is 0. The topological polar surface area (TPSA) is 55.0 Å². The molecule has 0 spiro atoms. The highest BCUT2D eigenvalue weighted by molar-refractivity contribution is 5.36. The Morgan fingerprint density at radius 2 is 2.64 bits per heavy atom. The van der Waals surface area contributed by atoms with E-state index in [1.54, 1.807) is 0 Å². The molecule has 11 heavy (non-hydrogen) atoms. The van der Waals surface area contributed by atoms with Gasteiger partial charge in [0.2, 0.25) is 5.95 Å². The molecule has 0 saturated carbocycles. The summed E-state index contributed by atoms with van der Waals surface area (Å²) in [7, 11) is 0. The first-order chi connectivity index (χ1) is 5.34. The lowest BCUT2D eigenvalue weighted by atomic mass is 10.3. The van der Waals surface area contributed by atoms with Crippen LogP contribution in [0.3, 0.4) is 0 Å². The maximum absolute atomic E-state index is 12.5. The summed E-state index contributed by atoms with van der Waals surface area (Å²) < 4.78 is 16.9. The fourth-order valence-electron chi connectivity index (χ4n) is 0.689. The van der Waals surface area contributed by atoms with Gasteiger partial charge in [0.05, 0.1) is 18.6 Å². The molecule has 1 aromatic rings. The fraction of sp³-hybridized carbons (Fsp3) is 0.333. The Morgan fingerprint density at radius 3 is 3.18 bits per heavy atom. The summed E-state index contributed by atoms with van der Waals surface area (Å²) in [6.07, 6.45) is 1.58. The Kier molecular flexibility index (Phi) is 2.59. The number of H-pyrrole nitrogens is 1. The van der Waals surface area contributed by atoms with Crippen molar-refractivity contribution in [1.29, 1.82) is 0 Å². The summed E-state index contributed by atoms with van der Waals surface area (Å²) in [4.78, 5) is 15.6. The number of carbonyl (C=O) groups is 1. The quantitative estimate of drug-likeness (QED) is 0.505. The monoisotopic (exact) mass is 158 g/mol. The zero-order chi connectivity index (χ0) is 8.10. The van der Waals surface area contributed by atoms with Gasteiger partial charge in [0, 0.05) is 6.42 Å². The molecule has 0 radical (unpaired) electrons. The summed E-state index contributed by atoms with van der Waals surface area (Å²) in [5, 5.41) is 0. The SMILES string of the molecule is O=COCCc1[nH]cnc1F. The maximum Gasteiger partial charge on any atom is 0.293 e. The van der Waals surface area contributed by atoms with Gasteiger partial charge in [-0.25, -0.2) is 4.98 Å². The number of ether oxygens (including phenoxy) is 1. The molecule has 60 valence electrons. The van der Waals surface area contributed by atoms with Crippen LogP contribution in [0.1, 0.15) is 5.69 Å². The van der Waals surface area contributed by atoms with Crippen molar-refractivity contribution in [2.75, 3.05) is 6.61 Å². The van der Waals surface area contributed by atoms with Gasteiger partial charge in [-0.3, -0.25) is 4.79 Å². The first kappa shape index (κ1) is 7.71. The molecule has 5 heteroatoms. The van der Waals surface area contributed by atoms with Gasteiger partial charge in [-0.15, -0.1) is 0 Å². The zero-order valence-electron chi connectivity index (χ0n) is 5.71. The van der Waals surface area contributed by atoms with Crippen LogP contribution >= 0.6 is 0 Å². The van der Waals surface area contributed by atoms with Crippen LogP contribution in [0.15, 0.2) is 6.33 Å². The first-order valence-corrected chi connectivity index (χ1v) is 3.07. The third-order valence-corrected chi connectivity index (χ3v) is 1.20. The fourth-order valence-corrected chi connectivity index (χ4v) is 0.689. The Morgan fingerprint density at radius 1 is 1.82 bits per heavy atom. The van der Waals surface area contributed by atoms with Crippen molar-refractivity contribution in [3.8, 4) is 0 Å². The molecule has 0 aromatic carbocycles. The van der Waals surface area contributed by atoms with Crippen molar-refractivity contribution in [1.82, 2.24) is 9.97 Å². The Balaban J connectivity index is 2.38. The highest BCUT2D eigenvalue weighted by Gasteiger charge is 2.02. The lowest BCUT2D eigenvalue weighted by Gasteiger charge is -1.94. The molecule has 0 atom stereocenters. The van der Waals surface area contributed by atoms with E-state index in [-0.39, 0.29) is 6.61 Å². The Hall–Kier alpha value is -1.39. The van der Waals surface area contributed by atoms with E-state index in [2.05, 4.69) is 14.7 Å². The van der Waals surface area contributed by atoms with E-state index >= 15 is 0 Å². The van der Waals surface area contributed by atoms with Gasteiger partial charge in [0.15, 0.2) is 0 Å². The van der Waals surface area contributed by atoms with Crippen LogP contribution in [0.5, 0.6) is 0 Å². The molecular weight excluding hydrogens is 151 g/mol. The van der Waals surface area contributed by atoms with Crippen molar-refractivity contribution in [2.45, 2.75) is 6.42 Å². The van der Waals surface area contributed by atoms with Crippen molar-refractivity contribution in [3.05, 3.63) is 18.0 Å². The van der Waals surface area contributed by atoms with Crippen LogP contribution in [0.4, 0.5) is 4.39 Å². The molecule has 0 saturated heterocycles. The van der Waals surface area contributed by atoms with Crippen LogP contribution in [-0.4, -0.2) is 23.0 Å². The van der Waals surface area contributed by atoms with Crippen molar-refractivity contribution in [2.24, 2.45) is 0 Å². The molecule has 1 rings (SSSR count). The third-order valence-electron chi connectivity index (χ3n) is 1.20. The van der Waals surface area contributed by atoms with E-state index in [4.69, 9.17) is 0 Å². The van der Waals surface area contributed by atoms with Crippen molar-refractivity contribution < 1.29 is 13.9 Å². The van der Waals surface area contributed by atoms with E-state index in [0.29, 0.717) is 18.6 Å². The highest BCUT2D eigenvalue weighted by Crippen LogP contribution is 1.99. The number of halogens is 1. The van der Waals surface area contributed by atoms with Crippen LogP contribution in [0.25, 0.3) is 0 Å². The zero-order valence-corrected chi connectivity index (χ0v) is 5.71. The highest BCUT2D eigenvalue weighted by atomic mass is 19.1. The average Bonchev–Trinajstić information content (AvgIpc) is 2.37. The van der Waals surface area contributed by atoms with Crippen molar-refractivity contribution >= 4 is 6.47 Å². The maximum atomic E-state index is 12.5. The minimum Gasteiger partial charge on any atom is -0.467 e. The van der Waals surface area contributed by atoms with Gasteiger partial charge < -0.3 is 9.72 Å². The molecule has 1 heterocycles. The van der Waals surface area contributed by atoms with Crippen LogP contribution in [0, 0.1) is 5.95 Å². The van der Waals surface area contributed by atoms with Crippen LogP contribution < -0.4 is 0 Å². The minimum absolute atomic E-state index is 0.169.